The fraction of sp³-hybridized carbons (Fsp3) is 0.562. The number of carbonyl (C=O) groups excluding carboxylic acids is 1. The second-order valence-corrected chi connectivity index (χ2v) is 5.80. The molecule has 1 aromatic rings. The van der Waals surface area contributed by atoms with E-state index >= 15 is 0 Å². The van der Waals surface area contributed by atoms with Gasteiger partial charge in [-0.05, 0) is 30.5 Å². The summed E-state index contributed by atoms with van der Waals surface area (Å²) in [5, 5.41) is 12.6. The standard InChI is InChI=1S/C16H24N2O2/c17-10-13-4-6-14(7-5-13)15(20)18-11-16(12-19)8-2-1-3-9-16/h4-7,19H,1-3,8-12,17H2,(H,18,20). The molecule has 2 rings (SSSR count). The smallest absolute Gasteiger partial charge is 0.251 e. The van der Waals surface area contributed by atoms with Gasteiger partial charge in [0.2, 0.25) is 0 Å². The summed E-state index contributed by atoms with van der Waals surface area (Å²) in [5.41, 5.74) is 7.08. The number of carbonyl (C=O) groups is 1. The summed E-state index contributed by atoms with van der Waals surface area (Å²) in [7, 11) is 0. The van der Waals surface area contributed by atoms with Gasteiger partial charge in [0.15, 0.2) is 0 Å². The van der Waals surface area contributed by atoms with Gasteiger partial charge >= 0.3 is 0 Å². The van der Waals surface area contributed by atoms with Crippen molar-refractivity contribution in [3.05, 3.63) is 35.4 Å². The maximum absolute atomic E-state index is 12.1. The molecule has 1 saturated carbocycles. The molecule has 4 nitrogen and oxygen atoms in total. The molecule has 0 aliphatic heterocycles. The molecule has 1 aliphatic carbocycles. The number of hydrogen-bond donors (Lipinski definition) is 3. The van der Waals surface area contributed by atoms with Gasteiger partial charge < -0.3 is 16.2 Å². The summed E-state index contributed by atoms with van der Waals surface area (Å²) < 4.78 is 0. The lowest BCUT2D eigenvalue weighted by Gasteiger charge is -2.35. The first-order valence-corrected chi connectivity index (χ1v) is 7.37. The van der Waals surface area contributed by atoms with E-state index in [1.165, 1.54) is 6.42 Å². The normalized spacial score (nSPS) is 17.7. The third kappa shape index (κ3) is 3.58. The van der Waals surface area contributed by atoms with E-state index in [1.54, 1.807) is 12.1 Å². The number of aliphatic hydroxyl groups excluding tert-OH is 1. The number of aliphatic hydroxyl groups is 1. The minimum Gasteiger partial charge on any atom is -0.396 e. The Kier molecular flexibility index (Phi) is 5.15. The number of rotatable bonds is 5. The number of hydrogen-bond acceptors (Lipinski definition) is 3. The Morgan fingerprint density at radius 2 is 1.85 bits per heavy atom. The molecule has 1 amide bonds. The van der Waals surface area contributed by atoms with Gasteiger partial charge in [-0.3, -0.25) is 4.79 Å². The van der Waals surface area contributed by atoms with E-state index < -0.39 is 0 Å². The van der Waals surface area contributed by atoms with Crippen molar-refractivity contribution in [1.29, 1.82) is 0 Å². The first-order valence-electron chi connectivity index (χ1n) is 7.37. The van der Waals surface area contributed by atoms with Gasteiger partial charge in [0.05, 0.1) is 6.61 Å². The number of amides is 1. The van der Waals surface area contributed by atoms with Crippen LogP contribution >= 0.6 is 0 Å². The van der Waals surface area contributed by atoms with E-state index in [2.05, 4.69) is 5.32 Å². The topological polar surface area (TPSA) is 75.4 Å². The first kappa shape index (κ1) is 15.0. The van der Waals surface area contributed by atoms with Crippen molar-refractivity contribution in [2.24, 2.45) is 11.1 Å². The first-order chi connectivity index (χ1) is 9.69. The molecular weight excluding hydrogens is 252 g/mol. The van der Waals surface area contributed by atoms with Crippen LogP contribution in [0.4, 0.5) is 0 Å². The van der Waals surface area contributed by atoms with Crippen LogP contribution < -0.4 is 11.1 Å². The SMILES string of the molecule is NCc1ccc(C(=O)NCC2(CO)CCCCC2)cc1. The Morgan fingerprint density at radius 3 is 2.40 bits per heavy atom. The zero-order valence-electron chi connectivity index (χ0n) is 11.9. The highest BCUT2D eigenvalue weighted by Crippen LogP contribution is 2.35. The van der Waals surface area contributed by atoms with Crippen LogP contribution in [-0.4, -0.2) is 24.2 Å². The van der Waals surface area contributed by atoms with Gasteiger partial charge in [0, 0.05) is 24.1 Å². The lowest BCUT2D eigenvalue weighted by Crippen LogP contribution is -2.41. The van der Waals surface area contributed by atoms with E-state index in [4.69, 9.17) is 5.73 Å². The van der Waals surface area contributed by atoms with Crippen molar-refractivity contribution in [3.8, 4) is 0 Å². The predicted octanol–water partition coefficient (Wildman–Crippen LogP) is 1.82. The fourth-order valence-corrected chi connectivity index (χ4v) is 2.85. The van der Waals surface area contributed by atoms with Gasteiger partial charge in [-0.1, -0.05) is 31.4 Å². The Hall–Kier alpha value is -1.39. The zero-order valence-corrected chi connectivity index (χ0v) is 11.9. The minimum atomic E-state index is -0.120. The average molecular weight is 276 g/mol. The Labute approximate surface area is 120 Å². The van der Waals surface area contributed by atoms with Gasteiger partial charge in [-0.25, -0.2) is 0 Å². The van der Waals surface area contributed by atoms with Crippen LogP contribution in [-0.2, 0) is 6.54 Å². The van der Waals surface area contributed by atoms with Crippen molar-refractivity contribution in [1.82, 2.24) is 5.32 Å². The third-order valence-corrected chi connectivity index (χ3v) is 4.33. The summed E-state index contributed by atoms with van der Waals surface area (Å²) >= 11 is 0. The van der Waals surface area contributed by atoms with Crippen molar-refractivity contribution < 1.29 is 9.90 Å². The van der Waals surface area contributed by atoms with Crippen molar-refractivity contribution >= 4 is 5.91 Å². The van der Waals surface area contributed by atoms with Gasteiger partial charge in [-0.15, -0.1) is 0 Å². The average Bonchev–Trinajstić information content (AvgIpc) is 2.53. The number of nitrogens with two attached hydrogens (primary N) is 1. The Balaban J connectivity index is 1.93. The highest BCUT2D eigenvalue weighted by atomic mass is 16.3. The van der Waals surface area contributed by atoms with Gasteiger partial charge in [0.1, 0.15) is 0 Å². The highest BCUT2D eigenvalue weighted by molar-refractivity contribution is 5.94. The second kappa shape index (κ2) is 6.86. The molecule has 0 unspecified atom stereocenters. The molecule has 110 valence electrons. The molecule has 0 atom stereocenters. The Bertz CT molecular complexity index is 436. The maximum Gasteiger partial charge on any atom is 0.251 e. The predicted molar refractivity (Wildman–Crippen MR) is 79.3 cm³/mol. The quantitative estimate of drug-likeness (QED) is 0.768. The molecule has 4 heteroatoms. The lowest BCUT2D eigenvalue weighted by molar-refractivity contribution is 0.0718. The molecule has 20 heavy (non-hydrogen) atoms. The summed E-state index contributed by atoms with van der Waals surface area (Å²) in [6.07, 6.45) is 5.51. The molecule has 0 heterocycles. The van der Waals surface area contributed by atoms with Crippen molar-refractivity contribution in [2.45, 2.75) is 38.6 Å². The molecule has 1 aromatic carbocycles. The third-order valence-electron chi connectivity index (χ3n) is 4.33. The minimum absolute atomic E-state index is 0.0769. The van der Waals surface area contributed by atoms with Crippen LogP contribution in [0.25, 0.3) is 0 Å². The van der Waals surface area contributed by atoms with E-state index in [9.17, 15) is 9.90 Å². The fourth-order valence-electron chi connectivity index (χ4n) is 2.85. The van der Waals surface area contributed by atoms with E-state index in [-0.39, 0.29) is 17.9 Å². The summed E-state index contributed by atoms with van der Waals surface area (Å²) in [5.74, 6) is -0.0769. The molecule has 0 bridgehead atoms. The molecule has 0 saturated heterocycles. The van der Waals surface area contributed by atoms with Gasteiger partial charge in [-0.2, -0.15) is 0 Å². The van der Waals surface area contributed by atoms with E-state index in [0.29, 0.717) is 18.7 Å². The maximum atomic E-state index is 12.1. The van der Waals surface area contributed by atoms with Crippen LogP contribution in [0.5, 0.6) is 0 Å². The summed E-state index contributed by atoms with van der Waals surface area (Å²) in [6, 6.07) is 7.34. The Morgan fingerprint density at radius 1 is 1.20 bits per heavy atom. The number of nitrogens with one attached hydrogen (secondary N) is 1. The van der Waals surface area contributed by atoms with Crippen LogP contribution in [0.2, 0.25) is 0 Å². The molecule has 4 N–H and O–H groups in total. The summed E-state index contributed by atoms with van der Waals surface area (Å²) in [4.78, 5) is 12.1. The molecule has 0 aromatic heterocycles. The molecule has 1 fully saturated rings. The summed E-state index contributed by atoms with van der Waals surface area (Å²) in [6.45, 7) is 1.19. The molecule has 0 spiro atoms. The number of benzene rings is 1. The zero-order chi connectivity index (χ0) is 14.4. The van der Waals surface area contributed by atoms with Gasteiger partial charge in [0.25, 0.3) is 5.91 Å². The van der Waals surface area contributed by atoms with E-state index in [0.717, 1.165) is 31.2 Å². The monoisotopic (exact) mass is 276 g/mol. The van der Waals surface area contributed by atoms with Crippen LogP contribution in [0.1, 0.15) is 48.0 Å². The highest BCUT2D eigenvalue weighted by Gasteiger charge is 2.31. The van der Waals surface area contributed by atoms with Crippen LogP contribution in [0, 0.1) is 5.41 Å². The van der Waals surface area contributed by atoms with Crippen molar-refractivity contribution in [3.63, 3.8) is 0 Å². The second-order valence-electron chi connectivity index (χ2n) is 5.80. The molecule has 0 radical (unpaired) electrons. The molecular formula is C16H24N2O2. The molecule has 1 aliphatic rings. The van der Waals surface area contributed by atoms with Crippen LogP contribution in [0.15, 0.2) is 24.3 Å². The largest absolute Gasteiger partial charge is 0.396 e. The van der Waals surface area contributed by atoms with Crippen molar-refractivity contribution in [2.75, 3.05) is 13.2 Å². The van der Waals surface area contributed by atoms with Crippen LogP contribution in [0.3, 0.4) is 0 Å². The van der Waals surface area contributed by atoms with E-state index in [1.807, 2.05) is 12.1 Å². The lowest BCUT2D eigenvalue weighted by atomic mass is 9.74.